The van der Waals surface area contributed by atoms with E-state index in [1.54, 1.807) is 19.2 Å². The molecule has 0 aliphatic rings. The van der Waals surface area contributed by atoms with E-state index in [2.05, 4.69) is 37.1 Å². The predicted molar refractivity (Wildman–Crippen MR) is 136 cm³/mol. The Morgan fingerprint density at radius 1 is 1.03 bits per heavy atom. The van der Waals surface area contributed by atoms with Crippen molar-refractivity contribution in [1.29, 1.82) is 0 Å². The van der Waals surface area contributed by atoms with E-state index in [1.165, 1.54) is 11.3 Å². The number of carbonyl (C=O) groups is 1. The Hall–Kier alpha value is -3.71. The number of nitrogens with zero attached hydrogens (tertiary/aromatic N) is 2. The summed E-state index contributed by atoms with van der Waals surface area (Å²) in [6, 6.07) is 19.0. The molecule has 0 unspecified atom stereocenters. The summed E-state index contributed by atoms with van der Waals surface area (Å²) in [4.78, 5) is 21.5. The van der Waals surface area contributed by atoms with Crippen LogP contribution in [0, 0.1) is 0 Å². The Morgan fingerprint density at radius 2 is 1.79 bits per heavy atom. The number of hydrogen-bond donors (Lipinski definition) is 1. The first-order valence-corrected chi connectivity index (χ1v) is 12.0. The van der Waals surface area contributed by atoms with Crippen LogP contribution in [0.3, 0.4) is 0 Å². The van der Waals surface area contributed by atoms with E-state index in [0.29, 0.717) is 34.6 Å². The number of nitrogens with one attached hydrogen (secondary N) is 1. The topological polar surface area (TPSA) is 73.3 Å². The Labute approximate surface area is 203 Å². The second-order valence-electron chi connectivity index (χ2n) is 8.63. The van der Waals surface area contributed by atoms with Gasteiger partial charge >= 0.3 is 5.97 Å². The van der Waals surface area contributed by atoms with Gasteiger partial charge in [-0.25, -0.2) is 14.8 Å². The minimum Gasteiger partial charge on any atom is -0.462 e. The maximum absolute atomic E-state index is 12.4. The third kappa shape index (κ3) is 5.26. The van der Waals surface area contributed by atoms with E-state index in [1.807, 2.05) is 53.9 Å². The summed E-state index contributed by atoms with van der Waals surface area (Å²) in [6.07, 6.45) is 1.70. The largest absolute Gasteiger partial charge is 0.462 e. The van der Waals surface area contributed by atoms with Crippen LogP contribution in [-0.2, 0) is 10.2 Å². The van der Waals surface area contributed by atoms with Gasteiger partial charge in [0.15, 0.2) is 5.13 Å². The van der Waals surface area contributed by atoms with Crippen LogP contribution >= 0.6 is 11.3 Å². The highest BCUT2D eigenvalue weighted by atomic mass is 32.1. The smallest absolute Gasteiger partial charge is 0.338 e. The third-order valence-electron chi connectivity index (χ3n) is 5.12. The molecule has 0 aliphatic heterocycles. The maximum atomic E-state index is 12.4. The zero-order chi connectivity index (χ0) is 24.1. The van der Waals surface area contributed by atoms with Crippen LogP contribution in [0.4, 0.5) is 10.8 Å². The average Bonchev–Trinajstić information content (AvgIpc) is 3.28. The molecule has 0 aliphatic carbocycles. The van der Waals surface area contributed by atoms with Crippen LogP contribution in [0.1, 0.15) is 43.6 Å². The Kier molecular flexibility index (Phi) is 6.93. The molecule has 4 rings (SSSR count). The normalized spacial score (nSPS) is 11.2. The first-order chi connectivity index (χ1) is 16.4. The number of anilines is 2. The Bertz CT molecular complexity index is 1290. The number of pyridine rings is 1. The summed E-state index contributed by atoms with van der Waals surface area (Å²) < 4.78 is 11.4. The molecule has 6 nitrogen and oxygen atoms in total. The molecule has 34 heavy (non-hydrogen) atoms. The van der Waals surface area contributed by atoms with Gasteiger partial charge < -0.3 is 14.8 Å². The highest BCUT2D eigenvalue weighted by Gasteiger charge is 2.20. The molecule has 2 aromatic heterocycles. The molecule has 7 heteroatoms. The van der Waals surface area contributed by atoms with E-state index in [9.17, 15) is 4.79 Å². The monoisotopic (exact) mass is 473 g/mol. The number of hydrogen-bond acceptors (Lipinski definition) is 7. The second-order valence-corrected chi connectivity index (χ2v) is 9.49. The van der Waals surface area contributed by atoms with Crippen LogP contribution in [0.2, 0.25) is 0 Å². The van der Waals surface area contributed by atoms with E-state index in [0.717, 1.165) is 16.9 Å². The van der Waals surface area contributed by atoms with Gasteiger partial charge in [0, 0.05) is 22.7 Å². The van der Waals surface area contributed by atoms with Crippen molar-refractivity contribution in [2.75, 3.05) is 11.9 Å². The SMILES string of the molecule is CCOC(=O)c1ccccc1-c1csc(Nc2cccnc2Oc2ccccc2C(C)(C)C)n1. The third-order valence-corrected chi connectivity index (χ3v) is 5.87. The first-order valence-electron chi connectivity index (χ1n) is 11.1. The van der Waals surface area contributed by atoms with Crippen molar-refractivity contribution in [2.24, 2.45) is 0 Å². The lowest BCUT2D eigenvalue weighted by molar-refractivity contribution is 0.0527. The van der Waals surface area contributed by atoms with E-state index in [-0.39, 0.29) is 11.4 Å². The number of para-hydroxylation sites is 1. The lowest BCUT2D eigenvalue weighted by atomic mass is 9.86. The number of rotatable bonds is 7. The molecule has 174 valence electrons. The van der Waals surface area contributed by atoms with E-state index < -0.39 is 0 Å². The molecule has 0 atom stereocenters. The van der Waals surface area contributed by atoms with Crippen LogP contribution in [0.5, 0.6) is 11.6 Å². The van der Waals surface area contributed by atoms with Crippen molar-refractivity contribution >= 4 is 28.1 Å². The van der Waals surface area contributed by atoms with E-state index >= 15 is 0 Å². The number of esters is 1. The molecule has 2 aromatic carbocycles. The zero-order valence-electron chi connectivity index (χ0n) is 19.7. The summed E-state index contributed by atoms with van der Waals surface area (Å²) in [6.45, 7) is 8.56. The van der Waals surface area contributed by atoms with E-state index in [4.69, 9.17) is 14.5 Å². The van der Waals surface area contributed by atoms with Crippen LogP contribution in [0.25, 0.3) is 11.3 Å². The fourth-order valence-electron chi connectivity index (χ4n) is 3.51. The van der Waals surface area contributed by atoms with Gasteiger partial charge in [0.25, 0.3) is 0 Å². The fraction of sp³-hybridized carbons (Fsp3) is 0.222. The fourth-order valence-corrected chi connectivity index (χ4v) is 4.23. The molecule has 0 amide bonds. The average molecular weight is 474 g/mol. The lowest BCUT2D eigenvalue weighted by Gasteiger charge is -2.22. The molecular weight excluding hydrogens is 446 g/mol. The molecule has 4 aromatic rings. The molecule has 0 spiro atoms. The van der Waals surface area contributed by atoms with Crippen molar-refractivity contribution in [1.82, 2.24) is 9.97 Å². The first kappa shape index (κ1) is 23.4. The quantitative estimate of drug-likeness (QED) is 0.286. The molecule has 1 N–H and O–H groups in total. The summed E-state index contributed by atoms with van der Waals surface area (Å²) in [5.41, 5.74) is 3.64. The number of aromatic nitrogens is 2. The van der Waals surface area contributed by atoms with Gasteiger partial charge in [-0.2, -0.15) is 0 Å². The van der Waals surface area contributed by atoms with Gasteiger partial charge in [0.05, 0.1) is 17.9 Å². The molecule has 0 saturated carbocycles. The molecule has 0 saturated heterocycles. The molecule has 0 radical (unpaired) electrons. The molecular formula is C27H27N3O3S. The number of thiazole rings is 1. The Balaban J connectivity index is 1.60. The van der Waals surface area contributed by atoms with Crippen LogP contribution in [-0.4, -0.2) is 22.5 Å². The van der Waals surface area contributed by atoms with Gasteiger partial charge in [-0.15, -0.1) is 11.3 Å². The van der Waals surface area contributed by atoms with Gasteiger partial charge in [-0.1, -0.05) is 57.2 Å². The van der Waals surface area contributed by atoms with Crippen molar-refractivity contribution in [3.63, 3.8) is 0 Å². The van der Waals surface area contributed by atoms with Gasteiger partial charge in [0.2, 0.25) is 5.88 Å². The summed E-state index contributed by atoms with van der Waals surface area (Å²) >= 11 is 1.44. The van der Waals surface area contributed by atoms with Crippen LogP contribution < -0.4 is 10.1 Å². The lowest BCUT2D eigenvalue weighted by Crippen LogP contribution is -2.12. The number of carbonyl (C=O) groups excluding carboxylic acids is 1. The van der Waals surface area contributed by atoms with Gasteiger partial charge in [-0.3, -0.25) is 0 Å². The predicted octanol–water partition coefficient (Wildman–Crippen LogP) is 7.22. The molecule has 0 fully saturated rings. The van der Waals surface area contributed by atoms with Gasteiger partial charge in [-0.05, 0) is 36.6 Å². The van der Waals surface area contributed by atoms with Crippen molar-refractivity contribution < 1.29 is 14.3 Å². The highest BCUT2D eigenvalue weighted by Crippen LogP contribution is 2.37. The molecule has 0 bridgehead atoms. The summed E-state index contributed by atoms with van der Waals surface area (Å²) in [5, 5.41) is 5.89. The van der Waals surface area contributed by atoms with Crippen molar-refractivity contribution in [2.45, 2.75) is 33.1 Å². The summed E-state index contributed by atoms with van der Waals surface area (Å²) in [5.74, 6) is 0.865. The van der Waals surface area contributed by atoms with Crippen LogP contribution in [0.15, 0.2) is 72.2 Å². The van der Waals surface area contributed by atoms with Crippen molar-refractivity contribution in [3.05, 3.63) is 83.4 Å². The number of ether oxygens (including phenoxy) is 2. The maximum Gasteiger partial charge on any atom is 0.338 e. The minimum absolute atomic E-state index is 0.0739. The van der Waals surface area contributed by atoms with Crippen molar-refractivity contribution in [3.8, 4) is 22.9 Å². The highest BCUT2D eigenvalue weighted by molar-refractivity contribution is 7.14. The number of benzene rings is 2. The second kappa shape index (κ2) is 10.1. The Morgan fingerprint density at radius 3 is 2.59 bits per heavy atom. The standard InChI is InChI=1S/C27H27N3O3S/c1-5-32-25(31)19-12-7-6-11-18(19)22-17-34-26(30-22)29-21-14-10-16-28-24(21)33-23-15-9-8-13-20(23)27(2,3)4/h6-17H,5H2,1-4H3,(H,29,30). The van der Waals surface area contributed by atoms with Gasteiger partial charge in [0.1, 0.15) is 11.4 Å². The molecule has 2 heterocycles. The minimum atomic E-state index is -0.360. The summed E-state index contributed by atoms with van der Waals surface area (Å²) in [7, 11) is 0. The zero-order valence-corrected chi connectivity index (χ0v) is 20.5.